The number of nitrogens with zero attached hydrogens (tertiary/aromatic N) is 5. The lowest BCUT2D eigenvalue weighted by molar-refractivity contribution is 1.14. The Morgan fingerprint density at radius 3 is 1.35 bits per heavy atom. The fraction of sp³-hybridized carbons (Fsp3) is 0. The fourth-order valence-corrected chi connectivity index (χ4v) is 14.0. The quantitative estimate of drug-likeness (QED) is 0.131. The van der Waals surface area contributed by atoms with E-state index in [4.69, 9.17) is 15.0 Å². The summed E-state index contributed by atoms with van der Waals surface area (Å²) in [6.45, 7) is -0.0928. The molecule has 6 heteroatoms. The van der Waals surface area contributed by atoms with Crippen molar-refractivity contribution < 1.29 is 0 Å². The van der Waals surface area contributed by atoms with Crippen LogP contribution < -0.4 is 16.4 Å². The summed E-state index contributed by atoms with van der Waals surface area (Å²) in [4.78, 5) is 14.4. The summed E-state index contributed by atoms with van der Waals surface area (Å²) < 4.78 is 5.20. The van der Waals surface area contributed by atoms with Gasteiger partial charge >= 0.3 is 0 Å². The van der Waals surface area contributed by atoms with Gasteiger partial charge in [0.15, 0.2) is 0 Å². The van der Waals surface area contributed by atoms with E-state index in [0.717, 1.165) is 32.7 Å². The lowest BCUT2D eigenvalue weighted by Crippen LogP contribution is -2.59. The van der Waals surface area contributed by atoms with Crippen molar-refractivity contribution in [3.05, 3.63) is 231 Å². The molecule has 0 N–H and O–H groups in total. The molecule has 0 saturated heterocycles. The van der Waals surface area contributed by atoms with Crippen LogP contribution in [0.4, 0.5) is 0 Å². The van der Waals surface area contributed by atoms with Crippen molar-refractivity contribution in [2.45, 2.75) is 0 Å². The number of fused-ring (bicyclic) bond motifs is 20. The van der Waals surface area contributed by atoms with Crippen LogP contribution in [-0.2, 0) is 0 Å². The average Bonchev–Trinajstić information content (AvgIpc) is 4.09. The second-order valence-electron chi connectivity index (χ2n) is 20.6. The summed E-state index contributed by atoms with van der Waals surface area (Å²) in [6, 6.07) is 79.2. The number of benzene rings is 11. The number of para-hydroxylation sites is 3. The molecule has 0 amide bonds. The van der Waals surface area contributed by atoms with Crippen LogP contribution in [0.3, 0.4) is 0 Å². The largest absolute Gasteiger partial charge is 0.310 e. The molecule has 0 radical (unpaired) electrons. The van der Waals surface area contributed by atoms with Crippen LogP contribution in [-0.4, -0.2) is 30.8 Å². The van der Waals surface area contributed by atoms with Crippen molar-refractivity contribution >= 4 is 132 Å². The van der Waals surface area contributed by atoms with Gasteiger partial charge < -0.3 is 9.13 Å². The SMILES string of the molecule is c1cc2c3c(c1)-n1c4ccc(-c5ccnc6ccccc56)cc4c4c5c6ccccc6c6ccccc6c5cc(c41)B3c1cc(-c3ccnc4ccccc34)cc3c4cc(-c5ccnc6ccccc56)ccc4n-2c13. The van der Waals surface area contributed by atoms with E-state index in [1.807, 2.05) is 18.6 Å². The van der Waals surface area contributed by atoms with Crippen molar-refractivity contribution in [3.63, 3.8) is 0 Å². The Kier molecular flexibility index (Phi) is 7.62. The maximum absolute atomic E-state index is 4.86. The van der Waals surface area contributed by atoms with E-state index in [-0.39, 0.29) is 6.71 Å². The van der Waals surface area contributed by atoms with Gasteiger partial charge in [0, 0.05) is 78.6 Å². The van der Waals surface area contributed by atoms with E-state index in [1.54, 1.807) is 0 Å². The molecule has 0 bridgehead atoms. The van der Waals surface area contributed by atoms with Gasteiger partial charge in [0.25, 0.3) is 6.71 Å². The molecular formula is C69H38BN5. The smallest absolute Gasteiger partial charge is 0.252 e. The zero-order valence-electron chi connectivity index (χ0n) is 40.3. The molecule has 0 saturated carbocycles. The third-order valence-corrected chi connectivity index (χ3v) is 17.0. The van der Waals surface area contributed by atoms with Crippen LogP contribution in [0, 0.1) is 0 Å². The maximum Gasteiger partial charge on any atom is 0.252 e. The van der Waals surface area contributed by atoms with Crippen LogP contribution >= 0.6 is 0 Å². The Hall–Kier alpha value is -9.91. The predicted molar refractivity (Wildman–Crippen MR) is 315 cm³/mol. The number of aromatic nitrogens is 5. The Morgan fingerprint density at radius 1 is 0.293 bits per heavy atom. The first-order chi connectivity index (χ1) is 37.2. The molecule has 18 rings (SSSR count). The molecule has 0 fully saturated rings. The third kappa shape index (κ3) is 5.15. The summed E-state index contributed by atoms with van der Waals surface area (Å²) in [5, 5.41) is 16.1. The number of hydrogen-bond acceptors (Lipinski definition) is 3. The molecule has 0 atom stereocenters. The van der Waals surface area contributed by atoms with Crippen molar-refractivity contribution in [3.8, 4) is 44.8 Å². The molecule has 16 aromatic rings. The normalized spacial score (nSPS) is 12.8. The summed E-state index contributed by atoms with van der Waals surface area (Å²) in [7, 11) is 0. The van der Waals surface area contributed by atoms with Crippen molar-refractivity contribution in [1.29, 1.82) is 0 Å². The Labute approximate surface area is 429 Å². The van der Waals surface area contributed by atoms with Crippen LogP contribution in [0.5, 0.6) is 0 Å². The Morgan fingerprint density at radius 2 is 0.747 bits per heavy atom. The average molecular weight is 948 g/mol. The van der Waals surface area contributed by atoms with E-state index in [9.17, 15) is 0 Å². The van der Waals surface area contributed by atoms with Crippen molar-refractivity contribution in [1.82, 2.24) is 24.1 Å². The summed E-state index contributed by atoms with van der Waals surface area (Å²) in [5.74, 6) is 0. The molecule has 0 spiro atoms. The number of rotatable bonds is 3. The first-order valence-corrected chi connectivity index (χ1v) is 25.9. The number of pyridine rings is 3. The Bertz CT molecular complexity index is 5260. The molecule has 2 aliphatic heterocycles. The topological polar surface area (TPSA) is 48.5 Å². The molecule has 342 valence electrons. The summed E-state index contributed by atoms with van der Waals surface area (Å²) >= 11 is 0. The van der Waals surface area contributed by atoms with E-state index >= 15 is 0 Å². The molecule has 7 heterocycles. The van der Waals surface area contributed by atoms with Crippen molar-refractivity contribution in [2.24, 2.45) is 0 Å². The van der Waals surface area contributed by atoms with Gasteiger partial charge in [0.2, 0.25) is 0 Å². The minimum Gasteiger partial charge on any atom is -0.310 e. The molecule has 0 unspecified atom stereocenters. The highest BCUT2D eigenvalue weighted by Gasteiger charge is 2.42. The van der Waals surface area contributed by atoms with Crippen molar-refractivity contribution in [2.75, 3.05) is 0 Å². The van der Waals surface area contributed by atoms with E-state index in [2.05, 4.69) is 221 Å². The lowest BCUT2D eigenvalue weighted by atomic mass is 9.34. The van der Waals surface area contributed by atoms with Crippen LogP contribution in [0.1, 0.15) is 0 Å². The standard InChI is InChI=1S/C69H38BN5/c1-2-14-47-45(12-1)46-13-3-4-18-51(46)65-53(47)38-57-69-66(65)55-35-40(43-29-32-72-59-20-9-6-16-49(43)59)25-27-62(55)75(69)64-23-11-22-63-67(64)70(57)56-37-41(44-30-33-73-60-21-10-7-17-50(44)60)36-54-52-34-39(24-26-61(52)74(63)68(54)56)42-28-31-71-58-19-8-5-15-48(42)58/h1-38H. The second kappa shape index (κ2) is 14.4. The van der Waals surface area contributed by atoms with E-state index in [0.29, 0.717) is 0 Å². The van der Waals surface area contributed by atoms with Gasteiger partial charge in [0.05, 0.1) is 33.1 Å². The van der Waals surface area contributed by atoms with Crippen LogP contribution in [0.25, 0.3) is 153 Å². The van der Waals surface area contributed by atoms with Gasteiger partial charge in [-0.2, -0.15) is 0 Å². The Balaban J connectivity index is 1.02. The van der Waals surface area contributed by atoms with Gasteiger partial charge in [-0.25, -0.2) is 0 Å². The highest BCUT2D eigenvalue weighted by atomic mass is 15.0. The monoisotopic (exact) mass is 947 g/mol. The van der Waals surface area contributed by atoms with Gasteiger partial charge in [0.1, 0.15) is 0 Å². The van der Waals surface area contributed by atoms with E-state index < -0.39 is 0 Å². The lowest BCUT2D eigenvalue weighted by Gasteiger charge is -2.34. The number of hydrogen-bond donors (Lipinski definition) is 0. The maximum atomic E-state index is 4.86. The molecule has 5 nitrogen and oxygen atoms in total. The van der Waals surface area contributed by atoms with Crippen LogP contribution in [0.2, 0.25) is 0 Å². The minimum absolute atomic E-state index is 0.0928. The van der Waals surface area contributed by atoms with Gasteiger partial charge in [-0.3, -0.25) is 15.0 Å². The fourth-order valence-electron chi connectivity index (χ4n) is 14.0. The zero-order valence-corrected chi connectivity index (χ0v) is 40.3. The minimum atomic E-state index is -0.0928. The predicted octanol–water partition coefficient (Wildman–Crippen LogP) is 15.1. The summed E-state index contributed by atoms with van der Waals surface area (Å²) in [5.41, 5.74) is 21.4. The summed E-state index contributed by atoms with van der Waals surface area (Å²) in [6.07, 6.45) is 5.87. The zero-order chi connectivity index (χ0) is 48.6. The molecule has 2 aliphatic rings. The molecule has 75 heavy (non-hydrogen) atoms. The highest BCUT2D eigenvalue weighted by molar-refractivity contribution is 7.00. The van der Waals surface area contributed by atoms with Gasteiger partial charge in [-0.15, -0.1) is 0 Å². The molecular weight excluding hydrogens is 910 g/mol. The van der Waals surface area contributed by atoms with Gasteiger partial charge in [-0.1, -0.05) is 133 Å². The van der Waals surface area contributed by atoms with E-state index in [1.165, 1.54) is 137 Å². The first kappa shape index (κ1) is 39.7. The second-order valence-corrected chi connectivity index (χ2v) is 20.6. The highest BCUT2D eigenvalue weighted by Crippen LogP contribution is 2.47. The molecule has 5 aromatic heterocycles. The van der Waals surface area contributed by atoms with Crippen LogP contribution in [0.15, 0.2) is 231 Å². The van der Waals surface area contributed by atoms with Gasteiger partial charge in [-0.05, 0) is 156 Å². The molecule has 0 aliphatic carbocycles. The molecule has 11 aromatic carbocycles. The first-order valence-electron chi connectivity index (χ1n) is 25.9. The third-order valence-electron chi connectivity index (χ3n) is 17.0.